The second-order valence-electron chi connectivity index (χ2n) is 9.30. The zero-order valence-electron chi connectivity index (χ0n) is 20.0. The van der Waals surface area contributed by atoms with Crippen molar-refractivity contribution in [2.75, 3.05) is 26.7 Å². The molecule has 3 rings (SSSR count). The number of rotatable bonds is 8. The first-order chi connectivity index (χ1) is 15.7. The van der Waals surface area contributed by atoms with Gasteiger partial charge in [0.1, 0.15) is 11.4 Å². The average Bonchev–Trinajstić information content (AvgIpc) is 3.31. The van der Waals surface area contributed by atoms with Crippen LogP contribution in [-0.4, -0.2) is 49.2 Å². The van der Waals surface area contributed by atoms with Gasteiger partial charge in [0.05, 0.1) is 13.2 Å². The summed E-state index contributed by atoms with van der Waals surface area (Å²) in [6.07, 6.45) is 1.88. The van der Waals surface area contributed by atoms with E-state index in [9.17, 15) is 9.59 Å². The topological polar surface area (TPSA) is 79.9 Å². The number of nitrogens with one attached hydrogen (secondary N) is 2. The Labute approximate surface area is 196 Å². The maximum atomic E-state index is 12.8. The molecule has 7 nitrogen and oxygen atoms in total. The largest absolute Gasteiger partial charge is 0.497 e. The Hall–Kier alpha value is -3.06. The van der Waals surface area contributed by atoms with Gasteiger partial charge in [0, 0.05) is 18.7 Å². The molecule has 0 saturated carbocycles. The van der Waals surface area contributed by atoms with E-state index >= 15 is 0 Å². The van der Waals surface area contributed by atoms with Crippen molar-refractivity contribution in [3.05, 3.63) is 65.2 Å². The molecule has 2 amide bonds. The highest BCUT2D eigenvalue weighted by Gasteiger charge is 2.24. The summed E-state index contributed by atoms with van der Waals surface area (Å²) in [6.45, 7) is 8.37. The fourth-order valence-corrected chi connectivity index (χ4v) is 3.91. The Bertz CT molecular complexity index is 931. The van der Waals surface area contributed by atoms with Crippen LogP contribution in [0, 0.1) is 0 Å². The molecule has 2 N–H and O–H groups in total. The van der Waals surface area contributed by atoms with Crippen LogP contribution in [0.2, 0.25) is 0 Å². The van der Waals surface area contributed by atoms with Gasteiger partial charge < -0.3 is 20.1 Å². The summed E-state index contributed by atoms with van der Waals surface area (Å²) in [4.78, 5) is 27.0. The smallest absolute Gasteiger partial charge is 0.407 e. The number of carbonyl (C=O) groups is 2. The normalized spacial score (nSPS) is 15.0. The van der Waals surface area contributed by atoms with Gasteiger partial charge in [-0.15, -0.1) is 0 Å². The van der Waals surface area contributed by atoms with E-state index in [0.29, 0.717) is 18.7 Å². The summed E-state index contributed by atoms with van der Waals surface area (Å²) in [6, 6.07) is 15.4. The van der Waals surface area contributed by atoms with Crippen LogP contribution in [0.4, 0.5) is 4.79 Å². The van der Waals surface area contributed by atoms with Crippen molar-refractivity contribution >= 4 is 12.0 Å². The predicted octanol–water partition coefficient (Wildman–Crippen LogP) is 4.29. The number of likely N-dealkylation sites (tertiary alicyclic amines) is 1. The first kappa shape index (κ1) is 24.6. The molecule has 0 spiro atoms. The van der Waals surface area contributed by atoms with Crippen molar-refractivity contribution in [3.8, 4) is 5.75 Å². The molecule has 1 saturated heterocycles. The molecule has 2 aromatic carbocycles. The van der Waals surface area contributed by atoms with Crippen LogP contribution in [-0.2, 0) is 11.3 Å². The quantitative estimate of drug-likeness (QED) is 0.623. The lowest BCUT2D eigenvalue weighted by atomic mass is 10.0. The van der Waals surface area contributed by atoms with Gasteiger partial charge in [0.25, 0.3) is 5.91 Å². The van der Waals surface area contributed by atoms with Crippen molar-refractivity contribution in [2.24, 2.45) is 0 Å². The fourth-order valence-electron chi connectivity index (χ4n) is 3.91. The number of methoxy groups -OCH3 is 1. The molecule has 0 bridgehead atoms. The van der Waals surface area contributed by atoms with Crippen LogP contribution in [0.25, 0.3) is 0 Å². The van der Waals surface area contributed by atoms with Crippen LogP contribution < -0.4 is 15.4 Å². The second kappa shape index (κ2) is 11.2. The average molecular weight is 454 g/mol. The van der Waals surface area contributed by atoms with E-state index in [0.717, 1.165) is 30.0 Å². The molecule has 1 unspecified atom stereocenters. The Morgan fingerprint density at radius 3 is 2.36 bits per heavy atom. The molecule has 1 aliphatic heterocycles. The lowest BCUT2D eigenvalue weighted by Crippen LogP contribution is -2.36. The van der Waals surface area contributed by atoms with Gasteiger partial charge in [-0.25, -0.2) is 4.79 Å². The number of hydrogen-bond donors (Lipinski definition) is 2. The van der Waals surface area contributed by atoms with Gasteiger partial charge in [-0.1, -0.05) is 24.3 Å². The van der Waals surface area contributed by atoms with Gasteiger partial charge in [0.15, 0.2) is 0 Å². The number of hydrogen-bond acceptors (Lipinski definition) is 5. The lowest BCUT2D eigenvalue weighted by Gasteiger charge is -2.28. The number of benzene rings is 2. The van der Waals surface area contributed by atoms with E-state index < -0.39 is 11.7 Å². The van der Waals surface area contributed by atoms with Gasteiger partial charge in [0.2, 0.25) is 0 Å². The Morgan fingerprint density at radius 1 is 1.03 bits per heavy atom. The van der Waals surface area contributed by atoms with E-state index in [-0.39, 0.29) is 11.9 Å². The lowest BCUT2D eigenvalue weighted by molar-refractivity contribution is 0.0523. The van der Waals surface area contributed by atoms with Crippen LogP contribution in [0.15, 0.2) is 48.5 Å². The van der Waals surface area contributed by atoms with Gasteiger partial charge in [-0.05, 0) is 82.1 Å². The van der Waals surface area contributed by atoms with Crippen LogP contribution in [0.1, 0.15) is 61.1 Å². The molecule has 0 radical (unpaired) electrons. The molecule has 1 heterocycles. The SMILES string of the molecule is COc1cccc(C(CNC(=O)c2ccc(CNC(=O)OC(C)(C)C)cc2)N2CCCC2)c1. The third-order valence-corrected chi connectivity index (χ3v) is 5.57. The molecule has 0 aromatic heterocycles. The highest BCUT2D eigenvalue weighted by atomic mass is 16.6. The standard InChI is InChI=1S/C26H35N3O4/c1-26(2,3)33-25(31)28-17-19-10-12-20(13-11-19)24(30)27-18-23(29-14-5-6-15-29)21-8-7-9-22(16-21)32-4/h7-13,16,23H,5-6,14-15,17-18H2,1-4H3,(H,27,30)(H,28,31). The third kappa shape index (κ3) is 7.49. The van der Waals surface area contributed by atoms with E-state index in [1.165, 1.54) is 12.8 Å². The molecule has 1 aliphatic rings. The summed E-state index contributed by atoms with van der Waals surface area (Å²) in [5.74, 6) is 0.701. The van der Waals surface area contributed by atoms with Crippen LogP contribution >= 0.6 is 0 Å². The Balaban J connectivity index is 1.58. The van der Waals surface area contributed by atoms with Gasteiger partial charge in [-0.2, -0.15) is 0 Å². The minimum Gasteiger partial charge on any atom is -0.497 e. The van der Waals surface area contributed by atoms with Crippen molar-refractivity contribution in [2.45, 2.75) is 51.8 Å². The minimum atomic E-state index is -0.538. The number of carbonyl (C=O) groups excluding carboxylic acids is 2. The zero-order chi connectivity index (χ0) is 23.8. The summed E-state index contributed by atoms with van der Waals surface area (Å²) < 4.78 is 10.6. The number of nitrogens with zero attached hydrogens (tertiary/aromatic N) is 1. The molecular formula is C26H35N3O4. The van der Waals surface area contributed by atoms with Crippen molar-refractivity contribution in [3.63, 3.8) is 0 Å². The first-order valence-electron chi connectivity index (χ1n) is 11.5. The maximum Gasteiger partial charge on any atom is 0.407 e. The highest BCUT2D eigenvalue weighted by Crippen LogP contribution is 2.27. The molecule has 33 heavy (non-hydrogen) atoms. The van der Waals surface area contributed by atoms with Crippen molar-refractivity contribution in [1.29, 1.82) is 0 Å². The zero-order valence-corrected chi connectivity index (χ0v) is 20.0. The second-order valence-corrected chi connectivity index (χ2v) is 9.30. The molecule has 178 valence electrons. The summed E-state index contributed by atoms with van der Waals surface area (Å²) in [5.41, 5.74) is 2.08. The van der Waals surface area contributed by atoms with E-state index in [2.05, 4.69) is 21.6 Å². The molecule has 1 fully saturated rings. The predicted molar refractivity (Wildman–Crippen MR) is 128 cm³/mol. The van der Waals surface area contributed by atoms with Crippen LogP contribution in [0.5, 0.6) is 5.75 Å². The molecular weight excluding hydrogens is 418 g/mol. The molecule has 2 aromatic rings. The first-order valence-corrected chi connectivity index (χ1v) is 11.5. The third-order valence-electron chi connectivity index (χ3n) is 5.57. The van der Waals surface area contributed by atoms with Crippen LogP contribution in [0.3, 0.4) is 0 Å². The molecule has 7 heteroatoms. The van der Waals surface area contributed by atoms with E-state index in [4.69, 9.17) is 9.47 Å². The Morgan fingerprint density at radius 2 is 1.73 bits per heavy atom. The number of ether oxygens (including phenoxy) is 2. The maximum absolute atomic E-state index is 12.8. The molecule has 1 atom stereocenters. The summed E-state index contributed by atoms with van der Waals surface area (Å²) in [5, 5.41) is 5.82. The van der Waals surface area contributed by atoms with E-state index in [1.807, 2.05) is 51.1 Å². The van der Waals surface area contributed by atoms with Crippen molar-refractivity contribution < 1.29 is 19.1 Å². The van der Waals surface area contributed by atoms with Crippen molar-refractivity contribution in [1.82, 2.24) is 15.5 Å². The highest BCUT2D eigenvalue weighted by molar-refractivity contribution is 5.94. The Kier molecular flexibility index (Phi) is 8.33. The van der Waals surface area contributed by atoms with Gasteiger partial charge in [-0.3, -0.25) is 9.69 Å². The number of amides is 2. The summed E-state index contributed by atoms with van der Waals surface area (Å²) >= 11 is 0. The minimum absolute atomic E-state index is 0.101. The summed E-state index contributed by atoms with van der Waals surface area (Å²) in [7, 11) is 1.67. The van der Waals surface area contributed by atoms with E-state index in [1.54, 1.807) is 19.2 Å². The molecule has 0 aliphatic carbocycles. The van der Waals surface area contributed by atoms with Gasteiger partial charge >= 0.3 is 6.09 Å². The monoisotopic (exact) mass is 453 g/mol. The fraction of sp³-hybridized carbons (Fsp3) is 0.462. The number of alkyl carbamates (subject to hydrolysis) is 1.